The second-order valence-electron chi connectivity index (χ2n) is 4.84. The van der Waals surface area contributed by atoms with Crippen molar-refractivity contribution in [3.63, 3.8) is 0 Å². The van der Waals surface area contributed by atoms with E-state index in [1.807, 2.05) is 18.2 Å². The zero-order chi connectivity index (χ0) is 13.0. The molecule has 1 aromatic rings. The summed E-state index contributed by atoms with van der Waals surface area (Å²) in [5.41, 5.74) is 1.08. The molecule has 3 nitrogen and oxygen atoms in total. The monoisotopic (exact) mass is 269 g/mol. The molecule has 0 aliphatic heterocycles. The molecule has 0 saturated heterocycles. The van der Waals surface area contributed by atoms with Gasteiger partial charge >= 0.3 is 0 Å². The van der Waals surface area contributed by atoms with E-state index < -0.39 is 0 Å². The smallest absolute Gasteiger partial charge is 0.123 e. The number of aliphatic hydroxyl groups is 1. The first-order valence-electron chi connectivity index (χ1n) is 6.43. The van der Waals surface area contributed by atoms with Crippen molar-refractivity contribution in [2.24, 2.45) is 0 Å². The second kappa shape index (κ2) is 6.41. The van der Waals surface area contributed by atoms with E-state index in [1.54, 1.807) is 7.11 Å². The quantitative estimate of drug-likeness (QED) is 0.883. The van der Waals surface area contributed by atoms with Gasteiger partial charge in [0.15, 0.2) is 0 Å². The molecule has 0 atom stereocenters. The summed E-state index contributed by atoms with van der Waals surface area (Å²) >= 11 is 6.00. The minimum atomic E-state index is -0.108. The first kappa shape index (κ1) is 13.7. The van der Waals surface area contributed by atoms with Gasteiger partial charge in [0.25, 0.3) is 0 Å². The van der Waals surface area contributed by atoms with Gasteiger partial charge in [0.2, 0.25) is 0 Å². The van der Waals surface area contributed by atoms with Crippen LogP contribution in [0.5, 0.6) is 5.75 Å². The van der Waals surface area contributed by atoms with E-state index in [1.165, 1.54) is 0 Å². The Hall–Kier alpha value is -0.770. The third kappa shape index (κ3) is 3.61. The second-order valence-corrected chi connectivity index (χ2v) is 5.28. The lowest BCUT2D eigenvalue weighted by atomic mass is 9.93. The highest BCUT2D eigenvalue weighted by atomic mass is 35.5. The lowest BCUT2D eigenvalue weighted by molar-refractivity contribution is 0.116. The van der Waals surface area contributed by atoms with Crippen molar-refractivity contribution in [3.8, 4) is 5.75 Å². The van der Waals surface area contributed by atoms with E-state index in [-0.39, 0.29) is 6.10 Å². The Labute approximate surface area is 113 Å². The maximum Gasteiger partial charge on any atom is 0.123 e. The fraction of sp³-hybridized carbons (Fsp3) is 0.571. The molecular weight excluding hydrogens is 250 g/mol. The van der Waals surface area contributed by atoms with E-state index in [4.69, 9.17) is 16.3 Å². The Morgan fingerprint density at radius 1 is 1.33 bits per heavy atom. The zero-order valence-electron chi connectivity index (χ0n) is 10.7. The number of aliphatic hydroxyl groups excluding tert-OH is 1. The van der Waals surface area contributed by atoms with Gasteiger partial charge in [0, 0.05) is 23.2 Å². The van der Waals surface area contributed by atoms with Crippen LogP contribution in [-0.2, 0) is 6.54 Å². The Morgan fingerprint density at radius 2 is 2.06 bits per heavy atom. The van der Waals surface area contributed by atoms with Crippen molar-refractivity contribution in [1.82, 2.24) is 5.32 Å². The van der Waals surface area contributed by atoms with Crippen LogP contribution in [-0.4, -0.2) is 24.4 Å². The van der Waals surface area contributed by atoms with Gasteiger partial charge in [0.1, 0.15) is 5.75 Å². The highest BCUT2D eigenvalue weighted by Crippen LogP contribution is 2.24. The maximum absolute atomic E-state index is 9.47. The summed E-state index contributed by atoms with van der Waals surface area (Å²) in [7, 11) is 1.67. The van der Waals surface area contributed by atoms with Crippen LogP contribution in [0.2, 0.25) is 5.02 Å². The summed E-state index contributed by atoms with van der Waals surface area (Å²) in [5.74, 6) is 0.864. The topological polar surface area (TPSA) is 41.5 Å². The third-order valence-corrected chi connectivity index (χ3v) is 3.76. The van der Waals surface area contributed by atoms with Gasteiger partial charge in [-0.25, -0.2) is 0 Å². The Morgan fingerprint density at radius 3 is 2.72 bits per heavy atom. The SMILES string of the molecule is COc1ccc(Cl)cc1CNC1CCC(O)CC1. The molecule has 0 spiro atoms. The molecule has 18 heavy (non-hydrogen) atoms. The molecule has 1 fully saturated rings. The summed E-state index contributed by atoms with van der Waals surface area (Å²) in [5, 5.41) is 13.7. The third-order valence-electron chi connectivity index (χ3n) is 3.52. The van der Waals surface area contributed by atoms with Gasteiger partial charge in [-0.1, -0.05) is 11.6 Å². The molecule has 2 rings (SSSR count). The van der Waals surface area contributed by atoms with Crippen molar-refractivity contribution < 1.29 is 9.84 Å². The first-order chi connectivity index (χ1) is 8.69. The van der Waals surface area contributed by atoms with Crippen molar-refractivity contribution in [1.29, 1.82) is 0 Å². The maximum atomic E-state index is 9.47. The number of rotatable bonds is 4. The van der Waals surface area contributed by atoms with Gasteiger partial charge in [-0.3, -0.25) is 0 Å². The highest BCUT2D eigenvalue weighted by molar-refractivity contribution is 6.30. The average Bonchev–Trinajstić information content (AvgIpc) is 2.38. The molecule has 1 aliphatic carbocycles. The Kier molecular flexibility index (Phi) is 4.87. The number of methoxy groups -OCH3 is 1. The summed E-state index contributed by atoms with van der Waals surface area (Å²) in [6, 6.07) is 6.15. The van der Waals surface area contributed by atoms with Gasteiger partial charge in [-0.05, 0) is 43.9 Å². The molecule has 0 amide bonds. The molecule has 0 radical (unpaired) electrons. The Balaban J connectivity index is 1.91. The molecule has 4 heteroatoms. The van der Waals surface area contributed by atoms with Crippen LogP contribution < -0.4 is 10.1 Å². The minimum absolute atomic E-state index is 0.108. The van der Waals surface area contributed by atoms with Gasteiger partial charge < -0.3 is 15.2 Å². The predicted octanol–water partition coefficient (Wildman–Crippen LogP) is 2.74. The molecular formula is C14H20ClNO2. The van der Waals surface area contributed by atoms with Gasteiger partial charge in [0.05, 0.1) is 13.2 Å². The van der Waals surface area contributed by atoms with Crippen molar-refractivity contribution in [2.45, 2.75) is 44.4 Å². The fourth-order valence-electron chi connectivity index (χ4n) is 2.42. The van der Waals surface area contributed by atoms with E-state index in [2.05, 4.69) is 5.32 Å². The van der Waals surface area contributed by atoms with Crippen molar-refractivity contribution >= 4 is 11.6 Å². The van der Waals surface area contributed by atoms with Crippen LogP contribution in [0.15, 0.2) is 18.2 Å². The molecule has 1 aromatic carbocycles. The number of nitrogens with one attached hydrogen (secondary N) is 1. The normalized spacial score (nSPS) is 23.9. The fourth-order valence-corrected chi connectivity index (χ4v) is 2.61. The molecule has 1 aliphatic rings. The summed E-state index contributed by atoms with van der Waals surface area (Å²) < 4.78 is 5.32. The number of benzene rings is 1. The van der Waals surface area contributed by atoms with Crippen LogP contribution >= 0.6 is 11.6 Å². The largest absolute Gasteiger partial charge is 0.496 e. The van der Waals surface area contributed by atoms with E-state index >= 15 is 0 Å². The summed E-state index contributed by atoms with van der Waals surface area (Å²) in [6.45, 7) is 0.754. The zero-order valence-corrected chi connectivity index (χ0v) is 11.4. The molecule has 1 saturated carbocycles. The predicted molar refractivity (Wildman–Crippen MR) is 73.1 cm³/mol. The van der Waals surface area contributed by atoms with E-state index in [0.717, 1.165) is 48.6 Å². The number of halogens is 1. The van der Waals surface area contributed by atoms with Crippen molar-refractivity contribution in [2.75, 3.05) is 7.11 Å². The highest BCUT2D eigenvalue weighted by Gasteiger charge is 2.19. The molecule has 100 valence electrons. The summed E-state index contributed by atoms with van der Waals surface area (Å²) in [6.07, 6.45) is 3.74. The van der Waals surface area contributed by atoms with Crippen LogP contribution in [0, 0.1) is 0 Å². The molecule has 2 N–H and O–H groups in total. The Bertz CT molecular complexity index is 389. The van der Waals surface area contributed by atoms with Gasteiger partial charge in [-0.2, -0.15) is 0 Å². The number of hydrogen-bond donors (Lipinski definition) is 2. The molecule has 0 aromatic heterocycles. The van der Waals surface area contributed by atoms with E-state index in [9.17, 15) is 5.11 Å². The van der Waals surface area contributed by atoms with Crippen LogP contribution in [0.1, 0.15) is 31.2 Å². The molecule has 0 unspecified atom stereocenters. The molecule has 0 bridgehead atoms. The lowest BCUT2D eigenvalue weighted by Crippen LogP contribution is -2.34. The van der Waals surface area contributed by atoms with Crippen LogP contribution in [0.3, 0.4) is 0 Å². The average molecular weight is 270 g/mol. The standard InChI is InChI=1S/C14H20ClNO2/c1-18-14-7-2-11(15)8-10(14)9-16-12-3-5-13(17)6-4-12/h2,7-8,12-13,16-17H,3-6,9H2,1H3. The first-order valence-corrected chi connectivity index (χ1v) is 6.80. The van der Waals surface area contributed by atoms with Crippen LogP contribution in [0.4, 0.5) is 0 Å². The lowest BCUT2D eigenvalue weighted by Gasteiger charge is -2.26. The van der Waals surface area contributed by atoms with E-state index in [0.29, 0.717) is 6.04 Å². The molecule has 0 heterocycles. The van der Waals surface area contributed by atoms with Crippen molar-refractivity contribution in [3.05, 3.63) is 28.8 Å². The number of ether oxygens (including phenoxy) is 1. The number of hydrogen-bond acceptors (Lipinski definition) is 3. The van der Waals surface area contributed by atoms with Gasteiger partial charge in [-0.15, -0.1) is 0 Å². The van der Waals surface area contributed by atoms with Crippen LogP contribution in [0.25, 0.3) is 0 Å². The summed E-state index contributed by atoms with van der Waals surface area (Å²) in [4.78, 5) is 0. The minimum Gasteiger partial charge on any atom is -0.496 e.